The number of benzene rings is 1. The molecule has 1 rings (SSSR count). The van der Waals surface area contributed by atoms with E-state index in [4.69, 9.17) is 14.2 Å². The predicted molar refractivity (Wildman–Crippen MR) is 96.2 cm³/mol. The molecule has 0 saturated carbocycles. The summed E-state index contributed by atoms with van der Waals surface area (Å²) in [4.78, 5) is 12.1. The molecule has 4 heteroatoms. The molecule has 0 amide bonds. The molecular weight excluding hydrogens is 304 g/mol. The fourth-order valence-corrected chi connectivity index (χ4v) is 2.07. The van der Waals surface area contributed by atoms with E-state index in [1.807, 2.05) is 31.2 Å². The maximum Gasteiger partial charge on any atom is 0.182 e. The number of rotatable bonds is 9. The molecule has 0 heterocycles. The van der Waals surface area contributed by atoms with E-state index < -0.39 is 0 Å². The van der Waals surface area contributed by atoms with Crippen molar-refractivity contribution < 1.29 is 19.0 Å². The van der Waals surface area contributed by atoms with Gasteiger partial charge in [-0.1, -0.05) is 42.5 Å². The molecule has 4 nitrogen and oxygen atoms in total. The van der Waals surface area contributed by atoms with Crippen molar-refractivity contribution in [3.05, 3.63) is 77.5 Å². The number of hydrogen-bond acceptors (Lipinski definition) is 4. The number of ether oxygens (including phenoxy) is 3. The van der Waals surface area contributed by atoms with Crippen LogP contribution in [-0.2, 0) is 19.0 Å². The molecule has 0 aromatic heterocycles. The fourth-order valence-electron chi connectivity index (χ4n) is 2.07. The SMILES string of the molecule is C=C/C(OC)=C(\C/C(=C/C(=O)/C=C/c1cccc(C)c1)OC)OC. The van der Waals surface area contributed by atoms with Crippen LogP contribution in [0.1, 0.15) is 17.5 Å². The summed E-state index contributed by atoms with van der Waals surface area (Å²) in [6.07, 6.45) is 6.56. The van der Waals surface area contributed by atoms with Crippen LogP contribution in [0.25, 0.3) is 6.08 Å². The minimum Gasteiger partial charge on any atom is -0.500 e. The molecule has 0 saturated heterocycles. The van der Waals surface area contributed by atoms with Crippen LogP contribution in [0.4, 0.5) is 0 Å². The quantitative estimate of drug-likeness (QED) is 0.387. The number of aryl methyl sites for hydroxylation is 1. The zero-order chi connectivity index (χ0) is 17.9. The summed E-state index contributed by atoms with van der Waals surface area (Å²) >= 11 is 0. The van der Waals surface area contributed by atoms with Gasteiger partial charge in [-0.25, -0.2) is 0 Å². The zero-order valence-corrected chi connectivity index (χ0v) is 14.7. The second kappa shape index (κ2) is 10.1. The second-order valence-electron chi connectivity index (χ2n) is 5.04. The standard InChI is InChI=1S/C20H24O4/c1-6-19(23-4)20(24-5)14-18(22-3)13-17(21)11-10-16-9-7-8-15(2)12-16/h6-13H,1,14H2,2-5H3/b11-10+,18-13-,20-19-. The molecule has 128 valence electrons. The van der Waals surface area contributed by atoms with Gasteiger partial charge in [-0.05, 0) is 24.6 Å². The van der Waals surface area contributed by atoms with Gasteiger partial charge in [0.15, 0.2) is 11.5 Å². The van der Waals surface area contributed by atoms with Crippen LogP contribution in [0.3, 0.4) is 0 Å². The third-order valence-electron chi connectivity index (χ3n) is 3.31. The van der Waals surface area contributed by atoms with Crippen molar-refractivity contribution in [2.24, 2.45) is 0 Å². The average Bonchev–Trinajstić information content (AvgIpc) is 2.59. The predicted octanol–water partition coefficient (Wildman–Crippen LogP) is 4.19. The number of carbonyl (C=O) groups is 1. The first-order chi connectivity index (χ1) is 11.5. The molecule has 0 radical (unpaired) electrons. The van der Waals surface area contributed by atoms with E-state index in [9.17, 15) is 4.79 Å². The Hall–Kier alpha value is -2.75. The third-order valence-corrected chi connectivity index (χ3v) is 3.31. The molecule has 24 heavy (non-hydrogen) atoms. The highest BCUT2D eigenvalue weighted by atomic mass is 16.5. The van der Waals surface area contributed by atoms with E-state index in [-0.39, 0.29) is 5.78 Å². The molecule has 0 aliphatic rings. The van der Waals surface area contributed by atoms with Gasteiger partial charge in [-0.15, -0.1) is 0 Å². The Balaban J connectivity index is 2.89. The topological polar surface area (TPSA) is 44.8 Å². The van der Waals surface area contributed by atoms with Crippen LogP contribution >= 0.6 is 0 Å². The summed E-state index contributed by atoms with van der Waals surface area (Å²) in [5.41, 5.74) is 2.12. The number of carbonyl (C=O) groups excluding carboxylic acids is 1. The van der Waals surface area contributed by atoms with Gasteiger partial charge in [-0.3, -0.25) is 4.79 Å². The Bertz CT molecular complexity index is 666. The van der Waals surface area contributed by atoms with Gasteiger partial charge >= 0.3 is 0 Å². The highest BCUT2D eigenvalue weighted by molar-refractivity contribution is 6.02. The van der Waals surface area contributed by atoms with Crippen LogP contribution in [0.15, 0.2) is 66.3 Å². The summed E-state index contributed by atoms with van der Waals surface area (Å²) in [6, 6.07) is 7.91. The van der Waals surface area contributed by atoms with Crippen LogP contribution in [0.2, 0.25) is 0 Å². The van der Waals surface area contributed by atoms with E-state index in [2.05, 4.69) is 6.58 Å². The molecule has 0 N–H and O–H groups in total. The number of allylic oxidation sites excluding steroid dienone is 3. The molecule has 0 fully saturated rings. The van der Waals surface area contributed by atoms with Gasteiger partial charge in [-0.2, -0.15) is 0 Å². The van der Waals surface area contributed by atoms with Crippen molar-refractivity contribution in [2.75, 3.05) is 21.3 Å². The Kier molecular flexibility index (Phi) is 8.13. The first kappa shape index (κ1) is 19.3. The Labute approximate surface area is 143 Å². The Morgan fingerprint density at radius 1 is 1.17 bits per heavy atom. The van der Waals surface area contributed by atoms with Gasteiger partial charge in [0.05, 0.1) is 27.8 Å². The molecule has 0 bridgehead atoms. The van der Waals surface area contributed by atoms with Gasteiger partial charge in [0.25, 0.3) is 0 Å². The summed E-state index contributed by atoms with van der Waals surface area (Å²) in [6.45, 7) is 5.67. The van der Waals surface area contributed by atoms with Gasteiger partial charge in [0.2, 0.25) is 0 Å². The van der Waals surface area contributed by atoms with Crippen molar-refractivity contribution >= 4 is 11.9 Å². The summed E-state index contributed by atoms with van der Waals surface area (Å²) in [7, 11) is 4.57. The lowest BCUT2D eigenvalue weighted by molar-refractivity contribution is -0.110. The van der Waals surface area contributed by atoms with E-state index >= 15 is 0 Å². The fraction of sp³-hybridized carbons (Fsp3) is 0.250. The third kappa shape index (κ3) is 6.16. The molecule has 0 aliphatic carbocycles. The monoisotopic (exact) mass is 328 g/mol. The van der Waals surface area contributed by atoms with Crippen molar-refractivity contribution in [2.45, 2.75) is 13.3 Å². The summed E-state index contributed by atoms with van der Waals surface area (Å²) < 4.78 is 15.7. The first-order valence-corrected chi connectivity index (χ1v) is 7.50. The van der Waals surface area contributed by atoms with Crippen molar-refractivity contribution in [1.82, 2.24) is 0 Å². The van der Waals surface area contributed by atoms with E-state index in [0.717, 1.165) is 11.1 Å². The lowest BCUT2D eigenvalue weighted by Crippen LogP contribution is -2.00. The first-order valence-electron chi connectivity index (χ1n) is 7.50. The molecule has 1 aromatic rings. The molecule has 0 unspecified atom stereocenters. The van der Waals surface area contributed by atoms with E-state index in [1.165, 1.54) is 33.5 Å². The van der Waals surface area contributed by atoms with Gasteiger partial charge < -0.3 is 14.2 Å². The average molecular weight is 328 g/mol. The summed E-state index contributed by atoms with van der Waals surface area (Å²) in [5.74, 6) is 1.35. The van der Waals surface area contributed by atoms with E-state index in [0.29, 0.717) is 23.7 Å². The smallest absolute Gasteiger partial charge is 0.182 e. The molecule has 0 spiro atoms. The Morgan fingerprint density at radius 3 is 2.46 bits per heavy atom. The van der Waals surface area contributed by atoms with E-state index in [1.54, 1.807) is 12.2 Å². The van der Waals surface area contributed by atoms with Crippen molar-refractivity contribution in [3.63, 3.8) is 0 Å². The molecule has 0 atom stereocenters. The number of methoxy groups -OCH3 is 3. The minimum absolute atomic E-state index is 0.165. The zero-order valence-electron chi connectivity index (χ0n) is 14.7. The second-order valence-corrected chi connectivity index (χ2v) is 5.04. The molecular formula is C20H24O4. The van der Waals surface area contributed by atoms with Crippen LogP contribution < -0.4 is 0 Å². The minimum atomic E-state index is -0.165. The van der Waals surface area contributed by atoms with Crippen molar-refractivity contribution in [3.8, 4) is 0 Å². The maximum atomic E-state index is 12.1. The lowest BCUT2D eigenvalue weighted by Gasteiger charge is -2.12. The highest BCUT2D eigenvalue weighted by Crippen LogP contribution is 2.18. The number of hydrogen-bond donors (Lipinski definition) is 0. The normalized spacial score (nSPS) is 12.6. The number of ketones is 1. The van der Waals surface area contributed by atoms with Crippen LogP contribution in [0, 0.1) is 6.92 Å². The van der Waals surface area contributed by atoms with Crippen molar-refractivity contribution in [1.29, 1.82) is 0 Å². The highest BCUT2D eigenvalue weighted by Gasteiger charge is 2.10. The maximum absolute atomic E-state index is 12.1. The van der Waals surface area contributed by atoms with Gasteiger partial charge in [0, 0.05) is 6.08 Å². The lowest BCUT2D eigenvalue weighted by atomic mass is 10.1. The Morgan fingerprint density at radius 2 is 1.92 bits per heavy atom. The van der Waals surface area contributed by atoms with Gasteiger partial charge in [0.1, 0.15) is 11.5 Å². The molecule has 1 aromatic carbocycles. The largest absolute Gasteiger partial charge is 0.500 e. The molecule has 0 aliphatic heterocycles. The van der Waals surface area contributed by atoms with Crippen LogP contribution in [-0.4, -0.2) is 27.1 Å². The van der Waals surface area contributed by atoms with Crippen LogP contribution in [0.5, 0.6) is 0 Å². The summed E-state index contributed by atoms with van der Waals surface area (Å²) in [5, 5.41) is 0.